The van der Waals surface area contributed by atoms with Crippen molar-refractivity contribution in [1.29, 1.82) is 0 Å². The van der Waals surface area contributed by atoms with Crippen molar-refractivity contribution in [1.82, 2.24) is 5.32 Å². The Morgan fingerprint density at radius 3 is 1.51 bits per heavy atom. The van der Waals surface area contributed by atoms with Gasteiger partial charge >= 0.3 is 5.97 Å². The second-order valence-corrected chi connectivity index (χ2v) is 20.3. The number of esters is 1. The maximum absolute atomic E-state index is 13.4. The molecule has 1 rings (SSSR count). The maximum Gasteiger partial charge on any atom is 0.306 e. The van der Waals surface area contributed by atoms with Crippen LogP contribution in [0.2, 0.25) is 0 Å². The number of hydrogen-bond acceptors (Lipinski definition) is 10. The Bertz CT molecular complexity index is 1400. The van der Waals surface area contributed by atoms with Gasteiger partial charge in [-0.15, -0.1) is 0 Å². The summed E-state index contributed by atoms with van der Waals surface area (Å²) < 4.78 is 17.6. The molecular weight excluding hydrogens is 907 g/mol. The number of aliphatic hydroxyl groups is 5. The van der Waals surface area contributed by atoms with E-state index in [-0.39, 0.29) is 19.4 Å². The largest absolute Gasteiger partial charge is 0.454 e. The molecule has 0 spiro atoms. The molecule has 0 aromatic heterocycles. The van der Waals surface area contributed by atoms with Crippen molar-refractivity contribution in [2.24, 2.45) is 0 Å². The van der Waals surface area contributed by atoms with Gasteiger partial charge in [-0.25, -0.2) is 0 Å². The minimum atomic E-state index is -1.62. The van der Waals surface area contributed by atoms with Gasteiger partial charge in [-0.3, -0.25) is 9.59 Å². The normalized spacial score (nSPS) is 19.9. The fourth-order valence-corrected chi connectivity index (χ4v) is 8.95. The summed E-state index contributed by atoms with van der Waals surface area (Å²) in [6.45, 7) is 5.63. The minimum Gasteiger partial charge on any atom is -0.454 e. The van der Waals surface area contributed by atoms with Crippen molar-refractivity contribution in [2.45, 2.75) is 301 Å². The number of aliphatic hydroxyl groups excluding tert-OH is 5. The van der Waals surface area contributed by atoms with E-state index in [1.165, 1.54) is 103 Å². The van der Waals surface area contributed by atoms with Gasteiger partial charge in [-0.2, -0.15) is 0 Å². The number of hydrogen-bond donors (Lipinski definition) is 6. The highest BCUT2D eigenvalue weighted by atomic mass is 16.7. The van der Waals surface area contributed by atoms with Crippen molar-refractivity contribution < 1.29 is 49.3 Å². The van der Waals surface area contributed by atoms with E-state index in [2.05, 4.69) is 74.7 Å². The minimum absolute atomic E-state index is 0.117. The van der Waals surface area contributed by atoms with Crippen LogP contribution < -0.4 is 5.32 Å². The van der Waals surface area contributed by atoms with Gasteiger partial charge in [0.05, 0.1) is 25.4 Å². The molecule has 0 aliphatic carbocycles. The Balaban J connectivity index is 2.68. The monoisotopic (exact) mass is 1020 g/mol. The first-order chi connectivity index (χ1) is 35.2. The molecule has 1 heterocycles. The molecule has 6 N–H and O–H groups in total. The third-order valence-corrected chi connectivity index (χ3v) is 13.7. The van der Waals surface area contributed by atoms with E-state index >= 15 is 0 Å². The van der Waals surface area contributed by atoms with Crippen molar-refractivity contribution >= 4 is 11.9 Å². The molecule has 1 amide bonds. The van der Waals surface area contributed by atoms with Crippen LogP contribution >= 0.6 is 0 Å². The van der Waals surface area contributed by atoms with Crippen LogP contribution in [0.15, 0.2) is 60.8 Å². The second kappa shape index (κ2) is 49.2. The summed E-state index contributed by atoms with van der Waals surface area (Å²) in [6, 6.07) is -1.03. The molecule has 1 fully saturated rings. The molecule has 11 heteroatoms. The molecule has 1 saturated heterocycles. The average molecular weight is 1020 g/mol. The molecule has 0 bridgehead atoms. The van der Waals surface area contributed by atoms with Crippen molar-refractivity contribution in [2.75, 3.05) is 13.2 Å². The van der Waals surface area contributed by atoms with Gasteiger partial charge in [-0.1, -0.05) is 223 Å². The van der Waals surface area contributed by atoms with Crippen molar-refractivity contribution in [3.8, 4) is 0 Å². The number of nitrogens with one attached hydrogen (secondary N) is 1. The number of amides is 1. The number of unbranched alkanes of at least 4 members (excludes halogenated alkanes) is 27. The molecule has 0 saturated carbocycles. The van der Waals surface area contributed by atoms with E-state index in [0.717, 1.165) is 103 Å². The smallest absolute Gasteiger partial charge is 0.306 e. The summed E-state index contributed by atoms with van der Waals surface area (Å²) in [5.74, 6) is -1.21. The highest BCUT2D eigenvalue weighted by Gasteiger charge is 2.47. The van der Waals surface area contributed by atoms with Gasteiger partial charge < -0.3 is 45.1 Å². The summed E-state index contributed by atoms with van der Waals surface area (Å²) in [4.78, 5) is 26.5. The predicted octanol–water partition coefficient (Wildman–Crippen LogP) is 13.4. The van der Waals surface area contributed by atoms with Gasteiger partial charge in [0.15, 0.2) is 12.4 Å². The fourth-order valence-electron chi connectivity index (χ4n) is 8.95. The zero-order valence-corrected chi connectivity index (χ0v) is 46.0. The quantitative estimate of drug-likeness (QED) is 0.0195. The lowest BCUT2D eigenvalue weighted by Gasteiger charge is -2.41. The summed E-state index contributed by atoms with van der Waals surface area (Å²) in [6.07, 6.45) is 49.8. The van der Waals surface area contributed by atoms with E-state index < -0.39 is 67.4 Å². The Hall–Kier alpha value is -2.64. The Morgan fingerprint density at radius 2 is 1.00 bits per heavy atom. The molecular formula is C61H109NO10. The van der Waals surface area contributed by atoms with E-state index in [1.807, 2.05) is 6.08 Å². The highest BCUT2D eigenvalue weighted by Crippen LogP contribution is 2.26. The van der Waals surface area contributed by atoms with Gasteiger partial charge in [0, 0.05) is 6.42 Å². The first-order valence-corrected chi connectivity index (χ1v) is 29.6. The number of carbonyl (C=O) groups is 2. The maximum atomic E-state index is 13.4. The van der Waals surface area contributed by atoms with Crippen molar-refractivity contribution in [3.63, 3.8) is 0 Å². The van der Waals surface area contributed by atoms with E-state index in [1.54, 1.807) is 6.08 Å². The second-order valence-electron chi connectivity index (χ2n) is 20.3. The standard InChI is InChI=1S/C61H109NO10/c1-4-7-10-13-16-19-22-24-25-26-27-28-29-31-34-37-40-43-46-49-56(66)72-59-58(68)57(67)55(50-63)71-61(59)70-51-52(53(64)47-44-41-38-35-32-21-18-15-12-9-6-3)62-60(69)54(65)48-45-42-39-36-33-30-23-20-17-14-11-8-5-2/h8,11,16-17,19-20,24-25,44,47,52-55,57-59,61,63-65,67-68H,4-7,9-10,12-15,18,21-23,26-43,45-46,48-51H2,1-3H3,(H,62,69)/b11-8+,19-16-,20-17+,25-24-,47-44+. The number of ether oxygens (including phenoxy) is 3. The van der Waals surface area contributed by atoms with Crippen LogP contribution in [0.1, 0.15) is 252 Å². The Morgan fingerprint density at radius 1 is 0.556 bits per heavy atom. The zero-order valence-electron chi connectivity index (χ0n) is 46.0. The predicted molar refractivity (Wildman–Crippen MR) is 296 cm³/mol. The van der Waals surface area contributed by atoms with Gasteiger partial charge in [-0.05, 0) is 83.5 Å². The van der Waals surface area contributed by atoms with Crippen molar-refractivity contribution in [3.05, 3.63) is 60.8 Å². The lowest BCUT2D eigenvalue weighted by Crippen LogP contribution is -2.61. The molecule has 418 valence electrons. The van der Waals surface area contributed by atoms with Crippen LogP contribution in [0.25, 0.3) is 0 Å². The summed E-state index contributed by atoms with van der Waals surface area (Å²) in [5.41, 5.74) is 0. The molecule has 8 unspecified atom stereocenters. The topological polar surface area (TPSA) is 175 Å². The molecule has 0 aromatic carbocycles. The Kier molecular flexibility index (Phi) is 46.1. The first-order valence-electron chi connectivity index (χ1n) is 29.6. The number of rotatable bonds is 49. The lowest BCUT2D eigenvalue weighted by atomic mass is 9.99. The van der Waals surface area contributed by atoms with E-state index in [4.69, 9.17) is 14.2 Å². The Labute approximate surface area is 439 Å². The van der Waals surface area contributed by atoms with Crippen LogP contribution in [0, 0.1) is 0 Å². The summed E-state index contributed by atoms with van der Waals surface area (Å²) in [5, 5.41) is 56.8. The van der Waals surface area contributed by atoms with Gasteiger partial charge in [0.2, 0.25) is 5.91 Å². The van der Waals surface area contributed by atoms with E-state index in [9.17, 15) is 35.1 Å². The molecule has 1 aliphatic heterocycles. The SMILES string of the molecule is CC/C=C/C/C=C/CCCCCCCCC(O)C(=O)NC(COC1OC(CO)C(O)C(O)C1OC(=O)CCCCCCCCCCC/C=C\C/C=C\CCCCC)C(O)/C=C/CCCCCCCCCCC. The van der Waals surface area contributed by atoms with Gasteiger partial charge in [0.1, 0.15) is 24.4 Å². The zero-order chi connectivity index (χ0) is 52.5. The van der Waals surface area contributed by atoms with Crippen LogP contribution in [0.5, 0.6) is 0 Å². The van der Waals surface area contributed by atoms with Crippen LogP contribution in [0.4, 0.5) is 0 Å². The molecule has 0 aromatic rings. The lowest BCUT2D eigenvalue weighted by molar-refractivity contribution is -0.305. The van der Waals surface area contributed by atoms with Gasteiger partial charge in [0.25, 0.3) is 0 Å². The first kappa shape index (κ1) is 67.4. The molecule has 11 nitrogen and oxygen atoms in total. The number of allylic oxidation sites excluding steroid dienone is 9. The average Bonchev–Trinajstić information content (AvgIpc) is 3.38. The van der Waals surface area contributed by atoms with Crippen LogP contribution in [0.3, 0.4) is 0 Å². The molecule has 8 atom stereocenters. The highest BCUT2D eigenvalue weighted by molar-refractivity contribution is 5.80. The number of carbonyl (C=O) groups excluding carboxylic acids is 2. The van der Waals surface area contributed by atoms with Crippen LogP contribution in [-0.4, -0.2) is 99.6 Å². The molecule has 1 aliphatic rings. The molecule has 72 heavy (non-hydrogen) atoms. The third-order valence-electron chi connectivity index (χ3n) is 13.7. The van der Waals surface area contributed by atoms with E-state index in [0.29, 0.717) is 12.8 Å². The summed E-state index contributed by atoms with van der Waals surface area (Å²) in [7, 11) is 0. The third kappa shape index (κ3) is 37.1. The summed E-state index contributed by atoms with van der Waals surface area (Å²) >= 11 is 0. The fraction of sp³-hybridized carbons (Fsp3) is 0.803. The van der Waals surface area contributed by atoms with Crippen LogP contribution in [-0.2, 0) is 23.8 Å². The molecule has 0 radical (unpaired) electrons.